The van der Waals surface area contributed by atoms with Gasteiger partial charge in [0.05, 0.1) is 23.8 Å². The fraction of sp³-hybridized carbons (Fsp3) is 0.176. The molecule has 0 radical (unpaired) electrons. The minimum Gasteiger partial charge on any atom is -0.468 e. The third-order valence-corrected chi connectivity index (χ3v) is 4.67. The van der Waals surface area contributed by atoms with Gasteiger partial charge < -0.3 is 10.5 Å². The Labute approximate surface area is 156 Å². The van der Waals surface area contributed by atoms with Gasteiger partial charge in [-0.2, -0.15) is 23.7 Å². The predicted molar refractivity (Wildman–Crippen MR) is 90.1 cm³/mol. The largest absolute Gasteiger partial charge is 0.468 e. The number of hydrogen-bond acceptors (Lipinski definition) is 7. The van der Waals surface area contributed by atoms with Gasteiger partial charge in [0.25, 0.3) is 0 Å². The number of methoxy groups -OCH3 is 1. The molecule has 2 N–H and O–H groups in total. The van der Waals surface area contributed by atoms with Gasteiger partial charge in [-0.25, -0.2) is 4.98 Å². The molecule has 6 nitrogen and oxygen atoms in total. The van der Waals surface area contributed by atoms with Crippen molar-refractivity contribution in [3.05, 3.63) is 52.6 Å². The molecule has 1 unspecified atom stereocenters. The van der Waals surface area contributed by atoms with Crippen LogP contribution in [0.1, 0.15) is 27.5 Å². The Balaban J connectivity index is 2.60. The van der Waals surface area contributed by atoms with Crippen LogP contribution in [0.3, 0.4) is 0 Å². The van der Waals surface area contributed by atoms with Crippen LogP contribution in [-0.2, 0) is 15.7 Å². The highest BCUT2D eigenvalue weighted by Crippen LogP contribution is 2.43. The monoisotopic (exact) mass is 392 g/mol. The highest BCUT2D eigenvalue weighted by Gasteiger charge is 2.38. The third-order valence-electron chi connectivity index (χ3n) is 3.45. The fourth-order valence-electron chi connectivity index (χ4n) is 2.21. The topological polar surface area (TPSA) is 113 Å². The smallest absolute Gasteiger partial charge is 0.416 e. The number of nitrogens with zero attached hydrogens (tertiary/aromatic N) is 3. The van der Waals surface area contributed by atoms with Crippen molar-refractivity contribution in [1.29, 1.82) is 10.5 Å². The molecule has 0 spiro atoms. The highest BCUT2D eigenvalue weighted by molar-refractivity contribution is 8.00. The van der Waals surface area contributed by atoms with Crippen LogP contribution in [0, 0.1) is 22.7 Å². The lowest BCUT2D eigenvalue weighted by Gasteiger charge is -2.19. The number of benzene rings is 1. The van der Waals surface area contributed by atoms with Crippen molar-refractivity contribution in [2.45, 2.75) is 16.5 Å². The number of thioether (sulfide) groups is 1. The van der Waals surface area contributed by atoms with E-state index in [1.54, 1.807) is 12.1 Å². The van der Waals surface area contributed by atoms with Crippen molar-refractivity contribution >= 4 is 23.5 Å². The van der Waals surface area contributed by atoms with Crippen molar-refractivity contribution in [3.8, 4) is 12.1 Å². The van der Waals surface area contributed by atoms with Crippen LogP contribution in [-0.4, -0.2) is 18.1 Å². The van der Waals surface area contributed by atoms with Crippen LogP contribution in [0.2, 0.25) is 0 Å². The fourth-order valence-corrected chi connectivity index (χ4v) is 3.34. The molecule has 2 aromatic rings. The number of nitrogen functional groups attached to an aromatic ring is 1. The summed E-state index contributed by atoms with van der Waals surface area (Å²) in [6.07, 6.45) is -4.70. The number of esters is 1. The maximum absolute atomic E-state index is 13.3. The third kappa shape index (κ3) is 4.30. The minimum absolute atomic E-state index is 0.0544. The molecule has 10 heteroatoms. The van der Waals surface area contributed by atoms with Crippen molar-refractivity contribution in [3.63, 3.8) is 0 Å². The van der Waals surface area contributed by atoms with E-state index in [-0.39, 0.29) is 27.5 Å². The first-order valence-corrected chi connectivity index (χ1v) is 8.12. The van der Waals surface area contributed by atoms with Crippen LogP contribution in [0.5, 0.6) is 0 Å². The Bertz CT molecular complexity index is 964. The molecule has 1 aromatic heterocycles. The molecule has 27 heavy (non-hydrogen) atoms. The lowest BCUT2D eigenvalue weighted by molar-refractivity contribution is -0.141. The van der Waals surface area contributed by atoms with E-state index in [9.17, 15) is 23.2 Å². The summed E-state index contributed by atoms with van der Waals surface area (Å²) in [5.41, 5.74) is 4.13. The summed E-state index contributed by atoms with van der Waals surface area (Å²) in [4.78, 5) is 16.1. The molecule has 1 atom stereocenters. The second kappa shape index (κ2) is 7.98. The lowest BCUT2D eigenvalue weighted by Crippen LogP contribution is -2.17. The first kappa shape index (κ1) is 20.1. The standard InChI is InChI=1S/C17H11F3N4O2S/c1-26-16(25)13(11-4-2-3-5-12(11)17(18,19)20)27-15-10(8-22)6-9(7-21)14(23)24-15/h2-6,13H,1H3,(H2,23,24). The summed E-state index contributed by atoms with van der Waals surface area (Å²) in [5, 5.41) is 16.7. The molecular weight excluding hydrogens is 381 g/mol. The molecule has 0 saturated carbocycles. The van der Waals surface area contributed by atoms with E-state index in [0.29, 0.717) is 11.8 Å². The van der Waals surface area contributed by atoms with E-state index in [4.69, 9.17) is 11.0 Å². The van der Waals surface area contributed by atoms with Gasteiger partial charge in [-0.1, -0.05) is 30.0 Å². The van der Waals surface area contributed by atoms with Crippen LogP contribution in [0.4, 0.5) is 19.0 Å². The quantitative estimate of drug-likeness (QED) is 0.626. The first-order valence-electron chi connectivity index (χ1n) is 7.24. The average molecular weight is 392 g/mol. The van der Waals surface area contributed by atoms with Crippen molar-refractivity contribution in [2.75, 3.05) is 12.8 Å². The van der Waals surface area contributed by atoms with E-state index in [0.717, 1.165) is 25.3 Å². The molecule has 0 bridgehead atoms. The number of carbonyl (C=O) groups excluding carboxylic acids is 1. The van der Waals surface area contributed by atoms with Gasteiger partial charge >= 0.3 is 12.1 Å². The van der Waals surface area contributed by atoms with E-state index in [2.05, 4.69) is 9.72 Å². The van der Waals surface area contributed by atoms with Crippen molar-refractivity contribution in [1.82, 2.24) is 4.98 Å². The normalized spacial score (nSPS) is 11.9. The Morgan fingerprint density at radius 2 is 1.89 bits per heavy atom. The summed E-state index contributed by atoms with van der Waals surface area (Å²) in [7, 11) is 1.04. The minimum atomic E-state index is -4.70. The summed E-state index contributed by atoms with van der Waals surface area (Å²) in [6, 6.07) is 9.26. The average Bonchev–Trinajstić information content (AvgIpc) is 2.65. The molecule has 1 aromatic carbocycles. The second-order valence-electron chi connectivity index (χ2n) is 5.10. The number of carbonyl (C=O) groups is 1. The molecule has 0 aliphatic carbocycles. The first-order chi connectivity index (χ1) is 12.7. The van der Waals surface area contributed by atoms with E-state index in [1.165, 1.54) is 12.1 Å². The molecule has 0 amide bonds. The number of aromatic nitrogens is 1. The number of halogens is 3. The Hall–Kier alpha value is -3.24. The van der Waals surface area contributed by atoms with Gasteiger partial charge in [0.2, 0.25) is 0 Å². The molecule has 0 aliphatic rings. The zero-order valence-corrected chi connectivity index (χ0v) is 14.6. The number of anilines is 1. The van der Waals surface area contributed by atoms with Crippen molar-refractivity contribution < 1.29 is 22.7 Å². The van der Waals surface area contributed by atoms with Crippen LogP contribution in [0.25, 0.3) is 0 Å². The zero-order chi connectivity index (χ0) is 20.2. The number of pyridine rings is 1. The van der Waals surface area contributed by atoms with Crippen LogP contribution < -0.4 is 5.73 Å². The number of nitriles is 2. The number of ether oxygens (including phenoxy) is 1. The SMILES string of the molecule is COC(=O)C(Sc1nc(N)c(C#N)cc1C#N)c1ccccc1C(F)(F)F. The van der Waals surface area contributed by atoms with E-state index < -0.39 is 23.0 Å². The molecule has 0 saturated heterocycles. The molecule has 2 rings (SSSR count). The maximum atomic E-state index is 13.3. The molecular formula is C17H11F3N4O2S. The second-order valence-corrected chi connectivity index (χ2v) is 6.20. The number of rotatable bonds is 4. The Morgan fingerprint density at radius 3 is 2.44 bits per heavy atom. The molecule has 1 heterocycles. The molecule has 0 fully saturated rings. The summed E-state index contributed by atoms with van der Waals surface area (Å²) >= 11 is 0.592. The van der Waals surface area contributed by atoms with Crippen LogP contribution >= 0.6 is 11.8 Å². The van der Waals surface area contributed by atoms with Gasteiger partial charge in [0.15, 0.2) is 0 Å². The van der Waals surface area contributed by atoms with Gasteiger partial charge in [-0.05, 0) is 17.7 Å². The molecule has 138 valence electrons. The highest BCUT2D eigenvalue weighted by atomic mass is 32.2. The number of alkyl halides is 3. The predicted octanol–water partition coefficient (Wildman–Crippen LogP) is 3.43. The summed E-state index contributed by atoms with van der Waals surface area (Å²) < 4.78 is 44.6. The number of nitrogens with two attached hydrogens (primary N) is 1. The molecule has 0 aliphatic heterocycles. The van der Waals surface area contributed by atoms with Gasteiger partial charge in [-0.3, -0.25) is 4.79 Å². The zero-order valence-electron chi connectivity index (χ0n) is 13.7. The van der Waals surface area contributed by atoms with Crippen molar-refractivity contribution in [2.24, 2.45) is 0 Å². The summed E-state index contributed by atoms with van der Waals surface area (Å²) in [6.45, 7) is 0. The van der Waals surface area contributed by atoms with Gasteiger partial charge in [0.1, 0.15) is 28.2 Å². The summed E-state index contributed by atoms with van der Waals surface area (Å²) in [5.74, 6) is -1.16. The van der Waals surface area contributed by atoms with Gasteiger partial charge in [-0.15, -0.1) is 0 Å². The maximum Gasteiger partial charge on any atom is 0.416 e. The van der Waals surface area contributed by atoms with E-state index in [1.807, 2.05) is 0 Å². The lowest BCUT2D eigenvalue weighted by atomic mass is 10.0. The van der Waals surface area contributed by atoms with E-state index >= 15 is 0 Å². The van der Waals surface area contributed by atoms with Crippen LogP contribution in [0.15, 0.2) is 35.4 Å². The number of hydrogen-bond donors (Lipinski definition) is 1. The van der Waals surface area contributed by atoms with Gasteiger partial charge in [0, 0.05) is 0 Å². The Morgan fingerprint density at radius 1 is 1.26 bits per heavy atom. The Kier molecular flexibility index (Phi) is 5.93.